The normalized spacial score (nSPS) is 24.9. The summed E-state index contributed by atoms with van der Waals surface area (Å²) < 4.78 is 31.6. The van der Waals surface area contributed by atoms with Gasteiger partial charge in [-0.2, -0.15) is 9.40 Å². The number of rotatable bonds is 4. The summed E-state index contributed by atoms with van der Waals surface area (Å²) in [6.07, 6.45) is 2.02. The molecule has 2 atom stereocenters. The van der Waals surface area contributed by atoms with Gasteiger partial charge in [-0.3, -0.25) is 5.10 Å². The van der Waals surface area contributed by atoms with Gasteiger partial charge >= 0.3 is 0 Å². The van der Waals surface area contributed by atoms with Crippen molar-refractivity contribution in [2.45, 2.75) is 36.4 Å². The topological polar surface area (TPSA) is 75.3 Å². The van der Waals surface area contributed by atoms with Crippen LogP contribution in [0.1, 0.15) is 18.9 Å². The first-order valence-corrected chi connectivity index (χ1v) is 7.63. The van der Waals surface area contributed by atoms with Crippen molar-refractivity contribution in [3.63, 3.8) is 0 Å². The second kappa shape index (κ2) is 5.16. The van der Waals surface area contributed by atoms with Gasteiger partial charge in [0.25, 0.3) is 10.0 Å². The van der Waals surface area contributed by atoms with Crippen LogP contribution < -0.4 is 0 Å². The Morgan fingerprint density at radius 1 is 1.67 bits per heavy atom. The first kappa shape index (κ1) is 13.8. The number of likely N-dealkylation sites (N-methyl/N-ethyl adjacent to an activating group) is 1. The van der Waals surface area contributed by atoms with Crippen LogP contribution in [0.25, 0.3) is 0 Å². The maximum Gasteiger partial charge on any atom is 0.260 e. The lowest BCUT2D eigenvalue weighted by atomic mass is 10.2. The highest BCUT2D eigenvalue weighted by atomic mass is 35.5. The Labute approximate surface area is 111 Å². The standard InChI is InChI=1S/C10H16ClN3O3S/c1-7-9(3-4-17-7)14(2)18(15,16)10-8(5-11)6-12-13-10/h6-7,9H,3-5H2,1-2H3,(H,12,13). The molecule has 1 aromatic rings. The van der Waals surface area contributed by atoms with E-state index in [1.165, 1.54) is 10.5 Å². The Morgan fingerprint density at radius 2 is 2.39 bits per heavy atom. The van der Waals surface area contributed by atoms with Gasteiger partial charge in [0, 0.05) is 19.2 Å². The predicted octanol–water partition coefficient (Wildman–Crippen LogP) is 0.946. The van der Waals surface area contributed by atoms with Crippen LogP contribution in [-0.4, -0.2) is 48.7 Å². The second-order valence-corrected chi connectivity index (χ2v) is 6.51. The number of hydrogen-bond donors (Lipinski definition) is 1. The summed E-state index contributed by atoms with van der Waals surface area (Å²) in [6.45, 7) is 2.45. The Morgan fingerprint density at radius 3 is 2.94 bits per heavy atom. The molecule has 0 aromatic carbocycles. The second-order valence-electron chi connectivity index (χ2n) is 4.31. The van der Waals surface area contributed by atoms with Crippen LogP contribution in [0.2, 0.25) is 0 Å². The lowest BCUT2D eigenvalue weighted by Gasteiger charge is -2.25. The quantitative estimate of drug-likeness (QED) is 0.839. The fraction of sp³-hybridized carbons (Fsp3) is 0.700. The van der Waals surface area contributed by atoms with Gasteiger partial charge in [-0.15, -0.1) is 11.6 Å². The average molecular weight is 294 g/mol. The number of aromatic nitrogens is 2. The molecule has 2 heterocycles. The van der Waals surface area contributed by atoms with Crippen LogP contribution in [0.5, 0.6) is 0 Å². The van der Waals surface area contributed by atoms with Crippen LogP contribution >= 0.6 is 11.6 Å². The van der Waals surface area contributed by atoms with E-state index >= 15 is 0 Å². The summed E-state index contributed by atoms with van der Waals surface area (Å²) in [7, 11) is -2.04. The van der Waals surface area contributed by atoms with Gasteiger partial charge in [-0.1, -0.05) is 0 Å². The maximum absolute atomic E-state index is 12.4. The number of alkyl halides is 1. The Bertz CT molecular complexity index is 516. The van der Waals surface area contributed by atoms with Crippen LogP contribution in [0.3, 0.4) is 0 Å². The van der Waals surface area contributed by atoms with Gasteiger partial charge in [0.05, 0.1) is 24.2 Å². The average Bonchev–Trinajstić information content (AvgIpc) is 2.95. The molecular formula is C10H16ClN3O3S. The molecule has 0 spiro atoms. The van der Waals surface area contributed by atoms with Crippen LogP contribution in [0.4, 0.5) is 0 Å². The monoisotopic (exact) mass is 293 g/mol. The van der Waals surface area contributed by atoms with Crippen LogP contribution in [0, 0.1) is 0 Å². The minimum Gasteiger partial charge on any atom is -0.377 e. The zero-order valence-corrected chi connectivity index (χ0v) is 11.8. The molecule has 2 unspecified atom stereocenters. The summed E-state index contributed by atoms with van der Waals surface area (Å²) in [4.78, 5) is 0. The highest BCUT2D eigenvalue weighted by Crippen LogP contribution is 2.25. The van der Waals surface area contributed by atoms with Crippen molar-refractivity contribution in [1.29, 1.82) is 0 Å². The highest BCUT2D eigenvalue weighted by molar-refractivity contribution is 7.89. The molecule has 8 heteroatoms. The van der Waals surface area contributed by atoms with E-state index in [1.807, 2.05) is 6.92 Å². The van der Waals surface area contributed by atoms with Gasteiger partial charge in [0.2, 0.25) is 0 Å². The third-order valence-electron chi connectivity index (χ3n) is 3.26. The number of H-pyrrole nitrogens is 1. The highest BCUT2D eigenvalue weighted by Gasteiger charge is 2.36. The third kappa shape index (κ3) is 2.27. The molecule has 1 N–H and O–H groups in total. The molecular weight excluding hydrogens is 278 g/mol. The third-order valence-corrected chi connectivity index (χ3v) is 5.45. The van der Waals surface area contributed by atoms with E-state index in [9.17, 15) is 8.42 Å². The van der Waals surface area contributed by atoms with E-state index in [-0.39, 0.29) is 23.1 Å². The first-order valence-electron chi connectivity index (χ1n) is 5.66. The molecule has 0 aliphatic carbocycles. The van der Waals surface area contributed by atoms with Crippen molar-refractivity contribution in [3.05, 3.63) is 11.8 Å². The number of nitrogens with zero attached hydrogens (tertiary/aromatic N) is 2. The molecule has 1 aliphatic heterocycles. The summed E-state index contributed by atoms with van der Waals surface area (Å²) in [5.41, 5.74) is 0.482. The summed E-state index contributed by atoms with van der Waals surface area (Å²) in [6, 6.07) is -0.151. The molecule has 6 nitrogen and oxygen atoms in total. The van der Waals surface area contributed by atoms with Gasteiger partial charge in [-0.05, 0) is 13.3 Å². The number of sulfonamides is 1. The van der Waals surface area contributed by atoms with Crippen molar-refractivity contribution in [2.24, 2.45) is 0 Å². The zero-order valence-electron chi connectivity index (χ0n) is 10.3. The van der Waals surface area contributed by atoms with Crippen molar-refractivity contribution >= 4 is 21.6 Å². The Kier molecular flexibility index (Phi) is 3.96. The number of halogens is 1. The molecule has 0 radical (unpaired) electrons. The van der Waals surface area contributed by atoms with Gasteiger partial charge in [0.15, 0.2) is 5.03 Å². The van der Waals surface area contributed by atoms with E-state index in [2.05, 4.69) is 10.2 Å². The molecule has 1 aliphatic rings. The number of aromatic amines is 1. The SMILES string of the molecule is CC1OCCC1N(C)S(=O)(=O)c1[nH]ncc1CCl. The van der Waals surface area contributed by atoms with Crippen molar-refractivity contribution in [3.8, 4) is 0 Å². The lowest BCUT2D eigenvalue weighted by molar-refractivity contribution is 0.102. The fourth-order valence-corrected chi connectivity index (χ4v) is 3.97. The lowest BCUT2D eigenvalue weighted by Crippen LogP contribution is -2.41. The minimum atomic E-state index is -3.60. The van der Waals surface area contributed by atoms with Gasteiger partial charge < -0.3 is 4.74 Å². The van der Waals surface area contributed by atoms with Crippen molar-refractivity contribution < 1.29 is 13.2 Å². The number of nitrogens with one attached hydrogen (secondary N) is 1. The zero-order chi connectivity index (χ0) is 13.3. The van der Waals surface area contributed by atoms with Crippen LogP contribution in [0.15, 0.2) is 11.2 Å². The molecule has 0 saturated carbocycles. The predicted molar refractivity (Wildman–Crippen MR) is 66.9 cm³/mol. The minimum absolute atomic E-state index is 0.0686. The first-order chi connectivity index (χ1) is 8.48. The molecule has 2 rings (SSSR count). The Hall–Kier alpha value is -0.630. The largest absolute Gasteiger partial charge is 0.377 e. The molecule has 0 amide bonds. The number of hydrogen-bond acceptors (Lipinski definition) is 4. The van der Waals surface area contributed by atoms with E-state index < -0.39 is 10.0 Å². The van der Waals surface area contributed by atoms with Gasteiger partial charge in [0.1, 0.15) is 0 Å². The smallest absolute Gasteiger partial charge is 0.260 e. The van der Waals surface area contributed by atoms with E-state index in [4.69, 9.17) is 16.3 Å². The van der Waals surface area contributed by atoms with Gasteiger partial charge in [-0.25, -0.2) is 8.42 Å². The molecule has 1 aromatic heterocycles. The van der Waals surface area contributed by atoms with Crippen LogP contribution in [-0.2, 0) is 20.6 Å². The Balaban J connectivity index is 2.31. The van der Waals surface area contributed by atoms with E-state index in [1.54, 1.807) is 7.05 Å². The molecule has 18 heavy (non-hydrogen) atoms. The number of ether oxygens (including phenoxy) is 1. The van der Waals surface area contributed by atoms with Crippen molar-refractivity contribution in [2.75, 3.05) is 13.7 Å². The maximum atomic E-state index is 12.4. The van der Waals surface area contributed by atoms with E-state index in [0.717, 1.165) is 0 Å². The molecule has 1 fully saturated rings. The summed E-state index contributed by atoms with van der Waals surface area (Å²) >= 11 is 5.70. The molecule has 1 saturated heterocycles. The summed E-state index contributed by atoms with van der Waals surface area (Å²) in [5.74, 6) is 0.107. The molecule has 0 bridgehead atoms. The molecule has 102 valence electrons. The fourth-order valence-electron chi connectivity index (χ4n) is 2.14. The summed E-state index contributed by atoms with van der Waals surface area (Å²) in [5, 5.41) is 6.32. The van der Waals surface area contributed by atoms with Crippen molar-refractivity contribution in [1.82, 2.24) is 14.5 Å². The van der Waals surface area contributed by atoms with E-state index in [0.29, 0.717) is 18.6 Å².